The van der Waals surface area contributed by atoms with Crippen LogP contribution in [0.25, 0.3) is 11.1 Å². The van der Waals surface area contributed by atoms with Crippen molar-refractivity contribution < 1.29 is 19.1 Å². The highest BCUT2D eigenvalue weighted by atomic mass is 16.5. The zero-order valence-electron chi connectivity index (χ0n) is 26.0. The molecule has 4 unspecified atom stereocenters. The molecule has 1 saturated heterocycles. The Kier molecular flexibility index (Phi) is 6.80. The number of amides is 2. The Labute approximate surface area is 274 Å². The van der Waals surface area contributed by atoms with Crippen molar-refractivity contribution in [2.45, 2.75) is 24.2 Å². The highest BCUT2D eigenvalue weighted by molar-refractivity contribution is 6.39. The maximum absolute atomic E-state index is 15.9. The first kappa shape index (κ1) is 28.9. The van der Waals surface area contributed by atoms with Crippen LogP contribution in [-0.4, -0.2) is 24.2 Å². The predicted octanol–water partition coefficient (Wildman–Crippen LogP) is 7.66. The summed E-state index contributed by atoms with van der Waals surface area (Å²) in [7, 11) is 0. The van der Waals surface area contributed by atoms with E-state index in [1.165, 1.54) is 4.90 Å². The van der Waals surface area contributed by atoms with Crippen LogP contribution >= 0.6 is 0 Å². The van der Waals surface area contributed by atoms with E-state index in [1.54, 1.807) is 24.3 Å². The molecule has 1 aliphatic heterocycles. The van der Waals surface area contributed by atoms with Gasteiger partial charge in [-0.1, -0.05) is 128 Å². The highest BCUT2D eigenvalue weighted by Gasteiger charge is 2.82. The fourth-order valence-corrected chi connectivity index (χ4v) is 8.50. The van der Waals surface area contributed by atoms with Gasteiger partial charge in [0.1, 0.15) is 5.75 Å². The Hall–Kier alpha value is -5.55. The van der Waals surface area contributed by atoms with Crippen molar-refractivity contribution in [2.24, 2.45) is 11.8 Å². The summed E-state index contributed by atoms with van der Waals surface area (Å²) in [4.78, 5) is 47.3. The van der Waals surface area contributed by atoms with E-state index in [0.717, 1.165) is 28.7 Å². The van der Waals surface area contributed by atoms with E-state index < -0.39 is 22.7 Å². The number of benzene rings is 5. The number of ether oxygens (including phenoxy) is 1. The van der Waals surface area contributed by atoms with Crippen LogP contribution in [0.3, 0.4) is 0 Å². The lowest BCUT2D eigenvalue weighted by Gasteiger charge is -2.39. The molecule has 0 radical (unpaired) electrons. The first-order valence-corrected chi connectivity index (χ1v) is 16.2. The molecule has 3 aliphatic rings. The van der Waals surface area contributed by atoms with Crippen molar-refractivity contribution in [1.29, 1.82) is 0 Å². The van der Waals surface area contributed by atoms with E-state index in [1.807, 2.05) is 128 Å². The van der Waals surface area contributed by atoms with E-state index in [9.17, 15) is 0 Å². The van der Waals surface area contributed by atoms with Gasteiger partial charge in [-0.05, 0) is 64.1 Å². The third kappa shape index (κ3) is 3.86. The van der Waals surface area contributed by atoms with E-state index in [4.69, 9.17) is 4.74 Å². The Morgan fingerprint density at radius 1 is 0.553 bits per heavy atom. The summed E-state index contributed by atoms with van der Waals surface area (Å²) in [5, 5.41) is 0. The molecule has 4 atom stereocenters. The number of rotatable bonds is 8. The summed E-state index contributed by atoms with van der Waals surface area (Å²) in [6.07, 6.45) is 0.867. The van der Waals surface area contributed by atoms with E-state index in [0.29, 0.717) is 29.2 Å². The quantitative estimate of drug-likeness (QED) is 0.168. The number of carbonyl (C=O) groups excluding carboxylic acids is 3. The summed E-state index contributed by atoms with van der Waals surface area (Å²) in [5.41, 5.74) is 2.36. The van der Waals surface area contributed by atoms with Crippen LogP contribution in [0.2, 0.25) is 0 Å². The van der Waals surface area contributed by atoms with E-state index in [-0.39, 0.29) is 17.6 Å². The van der Waals surface area contributed by atoms with Crippen LogP contribution in [-0.2, 0) is 25.2 Å². The minimum atomic E-state index is -1.42. The molecule has 2 aliphatic carbocycles. The van der Waals surface area contributed by atoms with Gasteiger partial charge in [0, 0.05) is 0 Å². The number of Topliss-reactive ketones (excluding diaryl/α,β-unsaturated/α-hetero) is 1. The zero-order chi connectivity index (χ0) is 32.2. The largest absolute Gasteiger partial charge is 0.494 e. The second-order valence-corrected chi connectivity index (χ2v) is 12.5. The molecule has 5 aromatic carbocycles. The standard InChI is InChI=1S/C42H33NO4/c1-2-27-47-33-25-23-32(24-26-33)43-38(44)36-37(39(43)45)42(31-21-13-6-14-22-31)35(29-17-9-4-10-18-29)34(28-15-7-3-8-16-28)41(36,40(42)46)30-19-11-5-12-20-30/h3-26,36-37H,2,27H2,1H3. The average molecular weight is 616 g/mol. The molecule has 2 amide bonds. The molecule has 0 spiro atoms. The van der Waals surface area contributed by atoms with Crippen LogP contribution in [0.15, 0.2) is 146 Å². The SMILES string of the molecule is CCCOc1ccc(N2C(=O)C3C(C2=O)C2(c4ccccc4)C(=O)C3(c3ccccc3)C(c3ccccc3)=C2c2ccccc2)cc1. The monoisotopic (exact) mass is 615 g/mol. The van der Waals surface area contributed by atoms with Crippen LogP contribution in [0.4, 0.5) is 5.69 Å². The highest BCUT2D eigenvalue weighted by Crippen LogP contribution is 2.74. The summed E-state index contributed by atoms with van der Waals surface area (Å²) in [5.74, 6) is -2.09. The second-order valence-electron chi connectivity index (χ2n) is 12.5. The van der Waals surface area contributed by atoms with Gasteiger partial charge in [0.25, 0.3) is 0 Å². The summed E-state index contributed by atoms with van der Waals surface area (Å²) in [6, 6.07) is 46.1. The molecule has 2 bridgehead atoms. The van der Waals surface area contributed by atoms with Gasteiger partial charge in [0.2, 0.25) is 11.8 Å². The van der Waals surface area contributed by atoms with E-state index >= 15 is 14.4 Å². The van der Waals surface area contributed by atoms with Crippen molar-refractivity contribution >= 4 is 34.4 Å². The third-order valence-corrected chi connectivity index (χ3v) is 10.1. The van der Waals surface area contributed by atoms with Crippen LogP contribution < -0.4 is 9.64 Å². The molecule has 5 nitrogen and oxygen atoms in total. The van der Waals surface area contributed by atoms with Gasteiger partial charge in [0.15, 0.2) is 5.78 Å². The van der Waals surface area contributed by atoms with Crippen LogP contribution in [0.5, 0.6) is 5.75 Å². The van der Waals surface area contributed by atoms with E-state index in [2.05, 4.69) is 0 Å². The number of carbonyl (C=O) groups is 3. The molecule has 47 heavy (non-hydrogen) atoms. The number of hydrogen-bond donors (Lipinski definition) is 0. The number of imide groups is 1. The van der Waals surface area contributed by atoms with Crippen molar-refractivity contribution in [3.05, 3.63) is 168 Å². The lowest BCUT2D eigenvalue weighted by atomic mass is 9.59. The molecule has 1 saturated carbocycles. The Morgan fingerprint density at radius 2 is 0.957 bits per heavy atom. The van der Waals surface area contributed by atoms with Gasteiger partial charge in [-0.15, -0.1) is 0 Å². The van der Waals surface area contributed by atoms with Gasteiger partial charge >= 0.3 is 0 Å². The van der Waals surface area contributed by atoms with Crippen LogP contribution in [0.1, 0.15) is 35.6 Å². The van der Waals surface area contributed by atoms with Gasteiger partial charge in [-0.25, -0.2) is 4.90 Å². The molecule has 2 fully saturated rings. The number of ketones is 1. The lowest BCUT2D eigenvalue weighted by molar-refractivity contribution is -0.130. The number of fused-ring (bicyclic) bond motifs is 5. The molecule has 8 rings (SSSR count). The predicted molar refractivity (Wildman–Crippen MR) is 183 cm³/mol. The molecule has 5 aromatic rings. The molecule has 0 N–H and O–H groups in total. The number of hydrogen-bond acceptors (Lipinski definition) is 4. The molecule has 0 aromatic heterocycles. The van der Waals surface area contributed by atoms with Crippen molar-refractivity contribution in [1.82, 2.24) is 0 Å². The maximum atomic E-state index is 15.9. The normalized spacial score (nSPS) is 24.6. The zero-order valence-corrected chi connectivity index (χ0v) is 26.0. The molecular weight excluding hydrogens is 582 g/mol. The van der Waals surface area contributed by atoms with Crippen molar-refractivity contribution in [2.75, 3.05) is 11.5 Å². The van der Waals surface area contributed by atoms with Gasteiger partial charge < -0.3 is 4.74 Å². The summed E-state index contributed by atoms with van der Waals surface area (Å²) >= 11 is 0. The van der Waals surface area contributed by atoms with Gasteiger partial charge in [0.05, 0.1) is 35.0 Å². The fraction of sp³-hybridized carbons (Fsp3) is 0.167. The fourth-order valence-electron chi connectivity index (χ4n) is 8.50. The number of nitrogens with zero attached hydrogens (tertiary/aromatic N) is 1. The minimum Gasteiger partial charge on any atom is -0.494 e. The summed E-state index contributed by atoms with van der Waals surface area (Å²) < 4.78 is 5.79. The smallest absolute Gasteiger partial charge is 0.239 e. The molecule has 230 valence electrons. The first-order valence-electron chi connectivity index (χ1n) is 16.2. The Morgan fingerprint density at radius 3 is 1.36 bits per heavy atom. The lowest BCUT2D eigenvalue weighted by Crippen LogP contribution is -2.45. The topological polar surface area (TPSA) is 63.7 Å². The Bertz CT molecular complexity index is 1900. The average Bonchev–Trinajstić information content (AvgIpc) is 3.64. The first-order chi connectivity index (χ1) is 23.1. The van der Waals surface area contributed by atoms with Crippen LogP contribution in [0, 0.1) is 11.8 Å². The molecular formula is C42H33NO4. The van der Waals surface area contributed by atoms with Crippen molar-refractivity contribution in [3.63, 3.8) is 0 Å². The summed E-state index contributed by atoms with van der Waals surface area (Å²) in [6.45, 7) is 2.61. The second kappa shape index (κ2) is 11.1. The van der Waals surface area contributed by atoms with Gasteiger partial charge in [-0.3, -0.25) is 14.4 Å². The van der Waals surface area contributed by atoms with Gasteiger partial charge in [-0.2, -0.15) is 0 Å². The third-order valence-electron chi connectivity index (χ3n) is 10.1. The Balaban J connectivity index is 1.47. The minimum absolute atomic E-state index is 0.125. The maximum Gasteiger partial charge on any atom is 0.239 e. The number of allylic oxidation sites excluding steroid dienone is 2. The molecule has 5 heteroatoms. The number of anilines is 1. The molecule has 1 heterocycles. The van der Waals surface area contributed by atoms with Crippen molar-refractivity contribution in [3.8, 4) is 5.75 Å².